The number of ether oxygens (including phenoxy) is 1. The van der Waals surface area contributed by atoms with Crippen LogP contribution in [0.15, 0.2) is 42.5 Å². The average Bonchev–Trinajstić information content (AvgIpc) is 2.90. The van der Waals surface area contributed by atoms with Crippen molar-refractivity contribution >= 4 is 22.8 Å². The second kappa shape index (κ2) is 12.2. The van der Waals surface area contributed by atoms with Gasteiger partial charge in [-0.05, 0) is 42.1 Å². The van der Waals surface area contributed by atoms with Crippen LogP contribution in [0.1, 0.15) is 31.7 Å². The van der Waals surface area contributed by atoms with Crippen molar-refractivity contribution < 1.29 is 19.2 Å². The zero-order chi connectivity index (χ0) is 25.4. The van der Waals surface area contributed by atoms with Gasteiger partial charge in [-0.2, -0.15) is 5.26 Å². The minimum atomic E-state index is -0.946. The normalized spacial score (nSPS) is 19.2. The number of morpholine rings is 1. The molecule has 9 heteroatoms. The van der Waals surface area contributed by atoms with E-state index in [9.17, 15) is 14.9 Å². The number of nitrogens with one attached hydrogen (secondary N) is 2. The van der Waals surface area contributed by atoms with Crippen molar-refractivity contribution in [2.75, 3.05) is 45.9 Å². The number of piperidine rings is 1. The molecule has 1 atom stereocenters. The number of hydrogen-bond donors (Lipinski definition) is 2. The van der Waals surface area contributed by atoms with E-state index in [1.165, 1.54) is 5.06 Å². The minimum Gasteiger partial charge on any atom is -0.379 e. The number of hydrogen-bond acceptors (Lipinski definition) is 7. The highest BCUT2D eigenvalue weighted by Gasteiger charge is 2.38. The Kier molecular flexibility index (Phi) is 8.75. The SMILES string of the molecule is CCCN1CCC(C#N)(NC(=O)C(Cc2ccc3ccccc3c2)NC(=O)ON2CCOCC2)CC1. The highest BCUT2D eigenvalue weighted by atomic mass is 16.7. The van der Waals surface area contributed by atoms with Gasteiger partial charge in [-0.25, -0.2) is 4.79 Å². The van der Waals surface area contributed by atoms with Gasteiger partial charge in [0.1, 0.15) is 11.6 Å². The van der Waals surface area contributed by atoms with E-state index in [0.29, 0.717) is 39.1 Å². The molecule has 2 aromatic carbocycles. The molecule has 0 spiro atoms. The first-order valence-corrected chi connectivity index (χ1v) is 12.7. The predicted molar refractivity (Wildman–Crippen MR) is 136 cm³/mol. The Morgan fingerprint density at radius 2 is 1.83 bits per heavy atom. The fourth-order valence-corrected chi connectivity index (χ4v) is 4.80. The first-order valence-electron chi connectivity index (χ1n) is 12.7. The summed E-state index contributed by atoms with van der Waals surface area (Å²) in [6, 6.07) is 15.4. The van der Waals surface area contributed by atoms with Crippen LogP contribution in [0.25, 0.3) is 10.8 Å². The molecule has 0 saturated carbocycles. The number of carbonyl (C=O) groups is 2. The van der Waals surface area contributed by atoms with Gasteiger partial charge in [0.25, 0.3) is 0 Å². The zero-order valence-corrected chi connectivity index (χ0v) is 20.9. The van der Waals surface area contributed by atoms with Crippen LogP contribution >= 0.6 is 0 Å². The van der Waals surface area contributed by atoms with Crippen LogP contribution in [-0.2, 0) is 20.8 Å². The lowest BCUT2D eigenvalue weighted by atomic mass is 9.88. The molecular formula is C27H35N5O4. The molecule has 2 aliphatic heterocycles. The molecule has 2 N–H and O–H groups in total. The Morgan fingerprint density at radius 1 is 1.11 bits per heavy atom. The maximum absolute atomic E-state index is 13.5. The fraction of sp³-hybridized carbons (Fsp3) is 0.519. The van der Waals surface area contributed by atoms with Crippen molar-refractivity contribution in [3.8, 4) is 6.07 Å². The fourth-order valence-electron chi connectivity index (χ4n) is 4.80. The monoisotopic (exact) mass is 493 g/mol. The standard InChI is InChI=1S/C27H35N5O4/c1-2-11-31-12-9-27(20-28,10-13-31)30-25(33)24(29-26(34)36-32-14-16-35-17-15-32)19-21-7-8-22-5-3-4-6-23(22)18-21/h3-8,18,24H,2,9-17,19H2,1H3,(H,29,34)(H,30,33). The quantitative estimate of drug-likeness (QED) is 0.582. The average molecular weight is 494 g/mol. The van der Waals surface area contributed by atoms with Gasteiger partial charge in [-0.3, -0.25) is 4.79 Å². The number of amides is 2. The Bertz CT molecular complexity index is 1090. The van der Waals surface area contributed by atoms with Crippen LogP contribution in [-0.4, -0.2) is 79.5 Å². The van der Waals surface area contributed by atoms with Crippen molar-refractivity contribution in [2.24, 2.45) is 0 Å². The van der Waals surface area contributed by atoms with E-state index in [1.807, 2.05) is 42.5 Å². The van der Waals surface area contributed by atoms with Gasteiger partial charge in [0.05, 0.1) is 32.4 Å². The van der Waals surface area contributed by atoms with Crippen molar-refractivity contribution in [1.29, 1.82) is 5.26 Å². The third kappa shape index (κ3) is 6.72. The van der Waals surface area contributed by atoms with Gasteiger partial charge in [0, 0.05) is 19.5 Å². The largest absolute Gasteiger partial charge is 0.426 e. The van der Waals surface area contributed by atoms with E-state index >= 15 is 0 Å². The first-order chi connectivity index (χ1) is 17.5. The Hall–Kier alpha value is -3.19. The van der Waals surface area contributed by atoms with E-state index in [1.54, 1.807) is 0 Å². The molecular weight excluding hydrogens is 458 g/mol. The number of nitrogens with zero attached hydrogens (tertiary/aromatic N) is 3. The second-order valence-electron chi connectivity index (χ2n) is 9.53. The Balaban J connectivity index is 1.48. The number of likely N-dealkylation sites (tertiary alicyclic amines) is 1. The van der Waals surface area contributed by atoms with Gasteiger partial charge in [0.2, 0.25) is 5.91 Å². The molecule has 0 radical (unpaired) electrons. The molecule has 2 aromatic rings. The lowest BCUT2D eigenvalue weighted by Gasteiger charge is -2.38. The summed E-state index contributed by atoms with van der Waals surface area (Å²) in [6.07, 6.45) is 1.74. The summed E-state index contributed by atoms with van der Waals surface area (Å²) in [5.41, 5.74) is -0.0389. The van der Waals surface area contributed by atoms with Crippen LogP contribution in [0.2, 0.25) is 0 Å². The molecule has 0 bridgehead atoms. The summed E-state index contributed by atoms with van der Waals surface area (Å²) in [5, 5.41) is 19.4. The number of hydroxylamine groups is 2. The Morgan fingerprint density at radius 3 is 2.53 bits per heavy atom. The summed E-state index contributed by atoms with van der Waals surface area (Å²) in [5.74, 6) is -0.382. The van der Waals surface area contributed by atoms with Gasteiger partial charge in [-0.15, -0.1) is 5.06 Å². The summed E-state index contributed by atoms with van der Waals surface area (Å²) in [7, 11) is 0. The lowest BCUT2D eigenvalue weighted by molar-refractivity contribution is -0.147. The van der Waals surface area contributed by atoms with E-state index in [0.717, 1.165) is 42.4 Å². The summed E-state index contributed by atoms with van der Waals surface area (Å²) < 4.78 is 5.29. The van der Waals surface area contributed by atoms with Crippen molar-refractivity contribution in [1.82, 2.24) is 20.6 Å². The molecule has 9 nitrogen and oxygen atoms in total. The number of nitriles is 1. The minimum absolute atomic E-state index is 0.276. The molecule has 2 heterocycles. The third-order valence-electron chi connectivity index (χ3n) is 6.87. The van der Waals surface area contributed by atoms with Gasteiger partial charge < -0.3 is 25.1 Å². The van der Waals surface area contributed by atoms with Crippen molar-refractivity contribution in [2.45, 2.75) is 44.2 Å². The second-order valence-corrected chi connectivity index (χ2v) is 9.53. The van der Waals surface area contributed by atoms with Gasteiger partial charge >= 0.3 is 6.09 Å². The molecule has 2 fully saturated rings. The molecule has 0 aromatic heterocycles. The van der Waals surface area contributed by atoms with Crippen LogP contribution in [0.4, 0.5) is 4.79 Å². The number of benzene rings is 2. The molecule has 36 heavy (non-hydrogen) atoms. The first kappa shape index (κ1) is 25.9. The molecule has 1 unspecified atom stereocenters. The smallest absolute Gasteiger partial charge is 0.379 e. The molecule has 2 aliphatic rings. The molecule has 192 valence electrons. The maximum Gasteiger partial charge on any atom is 0.426 e. The molecule has 2 amide bonds. The Labute approximate surface area is 212 Å². The van der Waals surface area contributed by atoms with E-state index < -0.39 is 17.7 Å². The summed E-state index contributed by atoms with van der Waals surface area (Å²) >= 11 is 0. The van der Waals surface area contributed by atoms with Crippen LogP contribution in [0.5, 0.6) is 0 Å². The molecule has 0 aliphatic carbocycles. The van der Waals surface area contributed by atoms with Crippen molar-refractivity contribution in [3.05, 3.63) is 48.0 Å². The number of fused-ring (bicyclic) bond motifs is 1. The zero-order valence-electron chi connectivity index (χ0n) is 20.9. The van der Waals surface area contributed by atoms with E-state index in [4.69, 9.17) is 9.57 Å². The number of carbonyl (C=O) groups excluding carboxylic acids is 2. The van der Waals surface area contributed by atoms with Crippen LogP contribution in [0.3, 0.4) is 0 Å². The van der Waals surface area contributed by atoms with E-state index in [2.05, 4.69) is 28.5 Å². The van der Waals surface area contributed by atoms with Gasteiger partial charge in [-0.1, -0.05) is 49.4 Å². The number of rotatable bonds is 8. The van der Waals surface area contributed by atoms with Crippen molar-refractivity contribution in [3.63, 3.8) is 0 Å². The lowest BCUT2D eigenvalue weighted by Crippen LogP contribution is -2.59. The topological polar surface area (TPSA) is 107 Å². The highest BCUT2D eigenvalue weighted by molar-refractivity contribution is 5.87. The van der Waals surface area contributed by atoms with E-state index in [-0.39, 0.29) is 12.3 Å². The third-order valence-corrected chi connectivity index (χ3v) is 6.87. The maximum atomic E-state index is 13.5. The molecule has 4 rings (SSSR count). The molecule has 2 saturated heterocycles. The highest BCUT2D eigenvalue weighted by Crippen LogP contribution is 2.23. The van der Waals surface area contributed by atoms with Crippen LogP contribution in [0, 0.1) is 11.3 Å². The van der Waals surface area contributed by atoms with Gasteiger partial charge in [0.15, 0.2) is 0 Å². The summed E-state index contributed by atoms with van der Waals surface area (Å²) in [4.78, 5) is 33.9. The van der Waals surface area contributed by atoms with Crippen LogP contribution < -0.4 is 10.6 Å². The summed E-state index contributed by atoms with van der Waals surface area (Å²) in [6.45, 7) is 6.53. The predicted octanol–water partition coefficient (Wildman–Crippen LogP) is 2.61.